The number of quaternary nitrogens is 1. The molecule has 0 aliphatic heterocycles. The number of hydrogen-bond donors (Lipinski definition) is 2. The van der Waals surface area contributed by atoms with Crippen molar-refractivity contribution < 1.29 is 50.1 Å². The number of esters is 2. The molecule has 0 heterocycles. The first kappa shape index (κ1) is 44.9. The minimum atomic E-state index is -0.494. The lowest BCUT2D eigenvalue weighted by molar-refractivity contribution is -0.907. The number of rotatable bonds is 29. The standard InChI is InChI=1S/C35H63N3O6.BrH/c1-7-8-9-10-11-12-13-14-15-16-17-18-19-20-25-38(6,26-23-36-32(39)21-28-43-34(41)30(2)3)27-24-37-33(40)22-29-44-35(42)31(4)5;/h2,4,7-29H2,1,3,5-6H3,(H-,36,37,39,40);1H. The molecule has 10 heteroatoms. The topological polar surface area (TPSA) is 111 Å². The summed E-state index contributed by atoms with van der Waals surface area (Å²) in [4.78, 5) is 47.5. The van der Waals surface area contributed by atoms with E-state index in [9.17, 15) is 19.2 Å². The molecule has 45 heavy (non-hydrogen) atoms. The Labute approximate surface area is 284 Å². The molecule has 0 aliphatic rings. The third-order valence-corrected chi connectivity index (χ3v) is 7.82. The number of likely N-dealkylation sites (N-methyl/N-ethyl adjacent to an activating group) is 1. The Balaban J connectivity index is 0. The summed E-state index contributed by atoms with van der Waals surface area (Å²) in [5, 5.41) is 5.86. The summed E-state index contributed by atoms with van der Waals surface area (Å²) in [7, 11) is 2.16. The zero-order valence-corrected chi connectivity index (χ0v) is 30.5. The van der Waals surface area contributed by atoms with Gasteiger partial charge in [-0.05, 0) is 26.7 Å². The fourth-order valence-electron chi connectivity index (χ4n) is 4.85. The van der Waals surface area contributed by atoms with E-state index >= 15 is 0 Å². The minimum absolute atomic E-state index is 0. The average Bonchev–Trinajstić information content (AvgIpc) is 2.97. The normalized spacial score (nSPS) is 10.8. The van der Waals surface area contributed by atoms with Crippen LogP contribution < -0.4 is 27.6 Å². The van der Waals surface area contributed by atoms with E-state index in [1.165, 1.54) is 83.5 Å². The Morgan fingerprint density at radius 1 is 0.578 bits per heavy atom. The smallest absolute Gasteiger partial charge is 0.333 e. The first-order chi connectivity index (χ1) is 21.0. The summed E-state index contributed by atoms with van der Waals surface area (Å²) < 4.78 is 10.7. The Bertz CT molecular complexity index is 814. The minimum Gasteiger partial charge on any atom is -1.00 e. The maximum atomic E-state index is 12.2. The van der Waals surface area contributed by atoms with Gasteiger partial charge in [-0.3, -0.25) is 9.59 Å². The van der Waals surface area contributed by atoms with E-state index in [0.717, 1.165) is 26.1 Å². The molecule has 0 atom stereocenters. The second-order valence-electron chi connectivity index (χ2n) is 12.4. The molecule has 2 N–H and O–H groups in total. The summed E-state index contributed by atoms with van der Waals surface area (Å²) in [5.74, 6) is -1.32. The molecule has 0 saturated heterocycles. The van der Waals surface area contributed by atoms with Crippen molar-refractivity contribution in [2.45, 2.75) is 124 Å². The molecular weight excluding hydrogens is 638 g/mol. The molecule has 0 aromatic carbocycles. The maximum Gasteiger partial charge on any atom is 0.333 e. The number of hydrogen-bond acceptors (Lipinski definition) is 6. The van der Waals surface area contributed by atoms with Gasteiger partial charge in [-0.1, -0.05) is 97.1 Å². The van der Waals surface area contributed by atoms with E-state index < -0.39 is 11.9 Å². The molecule has 0 spiro atoms. The van der Waals surface area contributed by atoms with Crippen LogP contribution >= 0.6 is 0 Å². The largest absolute Gasteiger partial charge is 1.00 e. The van der Waals surface area contributed by atoms with E-state index in [-0.39, 0.29) is 54.9 Å². The molecule has 2 amide bonds. The Kier molecular flexibility index (Phi) is 29.2. The van der Waals surface area contributed by atoms with Crippen LogP contribution in [0.25, 0.3) is 0 Å². The first-order valence-corrected chi connectivity index (χ1v) is 17.0. The lowest BCUT2D eigenvalue weighted by Gasteiger charge is -2.35. The van der Waals surface area contributed by atoms with Gasteiger partial charge >= 0.3 is 11.9 Å². The van der Waals surface area contributed by atoms with E-state index in [2.05, 4.69) is 37.8 Å². The van der Waals surface area contributed by atoms with Gasteiger partial charge in [0.25, 0.3) is 0 Å². The lowest BCUT2D eigenvalue weighted by atomic mass is 10.0. The van der Waals surface area contributed by atoms with Crippen molar-refractivity contribution in [3.8, 4) is 0 Å². The van der Waals surface area contributed by atoms with Crippen LogP contribution in [0.4, 0.5) is 0 Å². The highest BCUT2D eigenvalue weighted by Gasteiger charge is 2.21. The van der Waals surface area contributed by atoms with Gasteiger partial charge in [0.1, 0.15) is 13.2 Å². The molecule has 0 aromatic rings. The van der Waals surface area contributed by atoms with E-state index in [1.807, 2.05) is 0 Å². The van der Waals surface area contributed by atoms with Crippen molar-refractivity contribution >= 4 is 23.8 Å². The van der Waals surface area contributed by atoms with Crippen LogP contribution in [-0.4, -0.2) is 81.2 Å². The Morgan fingerprint density at radius 2 is 0.911 bits per heavy atom. The van der Waals surface area contributed by atoms with Gasteiger partial charge in [0, 0.05) is 11.1 Å². The molecule has 0 unspecified atom stereocenters. The second kappa shape index (κ2) is 29.2. The lowest BCUT2D eigenvalue weighted by Crippen LogP contribution is -3.00. The summed E-state index contributed by atoms with van der Waals surface area (Å²) in [5.41, 5.74) is 0.615. The number of nitrogens with zero attached hydrogens (tertiary/aromatic N) is 1. The quantitative estimate of drug-likeness (QED) is 0.0537. The number of carbonyl (C=O) groups excluding carboxylic acids is 4. The van der Waals surface area contributed by atoms with Gasteiger partial charge in [0.15, 0.2) is 0 Å². The summed E-state index contributed by atoms with van der Waals surface area (Å²) >= 11 is 0. The summed E-state index contributed by atoms with van der Waals surface area (Å²) in [6.07, 6.45) is 18.6. The van der Waals surface area contributed by atoms with E-state index in [1.54, 1.807) is 13.8 Å². The van der Waals surface area contributed by atoms with Gasteiger partial charge in [0.2, 0.25) is 11.8 Å². The van der Waals surface area contributed by atoms with E-state index in [4.69, 9.17) is 9.47 Å². The van der Waals surface area contributed by atoms with Crippen LogP contribution in [0, 0.1) is 0 Å². The number of halogens is 1. The molecule has 262 valence electrons. The highest BCUT2D eigenvalue weighted by Crippen LogP contribution is 2.14. The average molecular weight is 703 g/mol. The van der Waals surface area contributed by atoms with Gasteiger partial charge in [-0.2, -0.15) is 0 Å². The monoisotopic (exact) mass is 701 g/mol. The number of unbranched alkanes of at least 4 members (excludes halogenated alkanes) is 13. The van der Waals surface area contributed by atoms with Crippen molar-refractivity contribution in [1.82, 2.24) is 10.6 Å². The third kappa shape index (κ3) is 27.8. The molecule has 0 saturated carbocycles. The van der Waals surface area contributed by atoms with Crippen LogP contribution in [0.5, 0.6) is 0 Å². The summed E-state index contributed by atoms with van der Waals surface area (Å²) in [6, 6.07) is 0. The molecule has 0 radical (unpaired) electrons. The van der Waals surface area contributed by atoms with Gasteiger partial charge in [0.05, 0.1) is 52.6 Å². The zero-order valence-electron chi connectivity index (χ0n) is 29.0. The molecule has 0 bridgehead atoms. The van der Waals surface area contributed by atoms with Crippen molar-refractivity contribution in [1.29, 1.82) is 0 Å². The molecular formula is C35H64BrN3O6. The van der Waals surface area contributed by atoms with Gasteiger partial charge < -0.3 is 41.6 Å². The van der Waals surface area contributed by atoms with Gasteiger partial charge in [-0.15, -0.1) is 0 Å². The highest BCUT2D eigenvalue weighted by atomic mass is 79.9. The SMILES string of the molecule is C=C(C)C(=O)OCCC(=O)NCC[N+](C)(CCCCCCCCCCCCCCCC)CCNC(=O)CCOC(=O)C(=C)C.[Br-]. The molecule has 0 aliphatic carbocycles. The number of ether oxygens (including phenoxy) is 2. The maximum absolute atomic E-state index is 12.2. The first-order valence-electron chi connectivity index (χ1n) is 17.0. The van der Waals surface area contributed by atoms with E-state index in [0.29, 0.717) is 28.7 Å². The fourth-order valence-corrected chi connectivity index (χ4v) is 4.85. The molecule has 0 rings (SSSR count). The van der Waals surface area contributed by atoms with Crippen molar-refractivity contribution in [3.05, 3.63) is 24.3 Å². The van der Waals surface area contributed by atoms with Gasteiger partial charge in [-0.25, -0.2) is 9.59 Å². The molecule has 0 aromatic heterocycles. The van der Waals surface area contributed by atoms with Crippen LogP contribution in [-0.2, 0) is 28.7 Å². The summed E-state index contributed by atoms with van der Waals surface area (Å²) in [6.45, 7) is 15.9. The Hall–Kier alpha value is -2.20. The fraction of sp³-hybridized carbons (Fsp3) is 0.771. The van der Waals surface area contributed by atoms with Crippen molar-refractivity contribution in [3.63, 3.8) is 0 Å². The van der Waals surface area contributed by atoms with Crippen LogP contribution in [0.3, 0.4) is 0 Å². The number of nitrogens with one attached hydrogen (secondary N) is 2. The Morgan fingerprint density at radius 3 is 1.24 bits per heavy atom. The highest BCUT2D eigenvalue weighted by molar-refractivity contribution is 5.87. The zero-order chi connectivity index (χ0) is 33.1. The number of carbonyl (C=O) groups is 4. The van der Waals surface area contributed by atoms with Crippen LogP contribution in [0.1, 0.15) is 124 Å². The number of amides is 2. The van der Waals surface area contributed by atoms with Crippen LogP contribution in [0.2, 0.25) is 0 Å². The molecule has 0 fully saturated rings. The molecule has 9 nitrogen and oxygen atoms in total. The second-order valence-corrected chi connectivity index (χ2v) is 12.4. The van der Waals surface area contributed by atoms with Crippen molar-refractivity contribution in [2.75, 3.05) is 53.0 Å². The predicted molar refractivity (Wildman–Crippen MR) is 178 cm³/mol. The third-order valence-electron chi connectivity index (χ3n) is 7.82. The van der Waals surface area contributed by atoms with Crippen LogP contribution in [0.15, 0.2) is 24.3 Å². The predicted octanol–water partition coefficient (Wildman–Crippen LogP) is 3.17. The van der Waals surface area contributed by atoms with Crippen molar-refractivity contribution in [2.24, 2.45) is 0 Å².